The van der Waals surface area contributed by atoms with Gasteiger partial charge in [0.05, 0.1) is 0 Å². The van der Waals surface area contributed by atoms with Crippen LogP contribution in [0.4, 0.5) is 0 Å². The Labute approximate surface area is 98.2 Å². The highest BCUT2D eigenvalue weighted by Gasteiger charge is 2.13. The van der Waals surface area contributed by atoms with Crippen LogP contribution in [0.3, 0.4) is 0 Å². The van der Waals surface area contributed by atoms with Gasteiger partial charge >= 0.3 is 0 Å². The average Bonchev–Trinajstić information content (AvgIpc) is 2.71. The van der Waals surface area contributed by atoms with E-state index in [2.05, 4.69) is 0 Å². The molecule has 3 heteroatoms. The number of hydrogen-bond donors (Lipinski definition) is 1. The maximum absolute atomic E-state index is 10.6. The van der Waals surface area contributed by atoms with E-state index in [9.17, 15) is 9.90 Å². The number of benzene rings is 1. The van der Waals surface area contributed by atoms with Crippen LogP contribution in [0.1, 0.15) is 16.5 Å². The molecule has 0 fully saturated rings. The Bertz CT molecular complexity index is 488. The fourth-order valence-electron chi connectivity index (χ4n) is 1.61. The minimum atomic E-state index is -1.01. The standard InChI is InChI=1S/C13H12O2S/c1-9-11(12(15)8-14)7-13(16-9)10-5-3-2-4-6-10/h2-8,12,15H,1H3. The molecule has 0 radical (unpaired) electrons. The van der Waals surface area contributed by atoms with Gasteiger partial charge < -0.3 is 9.90 Å². The molecule has 16 heavy (non-hydrogen) atoms. The van der Waals surface area contributed by atoms with Crippen molar-refractivity contribution in [3.8, 4) is 10.4 Å². The van der Waals surface area contributed by atoms with Gasteiger partial charge in [-0.15, -0.1) is 11.3 Å². The van der Waals surface area contributed by atoms with E-state index in [0.717, 1.165) is 15.3 Å². The Kier molecular flexibility index (Phi) is 3.17. The zero-order chi connectivity index (χ0) is 11.5. The third-order valence-electron chi connectivity index (χ3n) is 2.46. The summed E-state index contributed by atoms with van der Waals surface area (Å²) in [5, 5.41) is 9.51. The lowest BCUT2D eigenvalue weighted by Crippen LogP contribution is -1.97. The van der Waals surface area contributed by atoms with Crippen molar-refractivity contribution in [3.63, 3.8) is 0 Å². The molecule has 1 heterocycles. The van der Waals surface area contributed by atoms with Crippen LogP contribution in [0.2, 0.25) is 0 Å². The van der Waals surface area contributed by atoms with Crippen molar-refractivity contribution in [2.75, 3.05) is 0 Å². The molecule has 1 unspecified atom stereocenters. The summed E-state index contributed by atoms with van der Waals surface area (Å²) in [5.74, 6) is 0. The van der Waals surface area contributed by atoms with Crippen molar-refractivity contribution >= 4 is 17.6 Å². The molecule has 2 rings (SSSR count). The number of carbonyl (C=O) groups excluding carboxylic acids is 1. The summed E-state index contributed by atoms with van der Waals surface area (Å²) in [5.41, 5.74) is 1.82. The first-order chi connectivity index (χ1) is 7.72. The molecule has 0 amide bonds. The van der Waals surface area contributed by atoms with Crippen molar-refractivity contribution in [1.29, 1.82) is 0 Å². The number of aldehydes is 1. The smallest absolute Gasteiger partial charge is 0.153 e. The maximum Gasteiger partial charge on any atom is 0.153 e. The van der Waals surface area contributed by atoms with E-state index in [1.807, 2.05) is 43.3 Å². The number of carbonyl (C=O) groups is 1. The Hall–Kier alpha value is -1.45. The number of thiophene rings is 1. The molecule has 0 bridgehead atoms. The molecule has 0 aliphatic rings. The fourth-order valence-corrected chi connectivity index (χ4v) is 2.68. The van der Waals surface area contributed by atoms with E-state index in [-0.39, 0.29) is 0 Å². The van der Waals surface area contributed by atoms with Gasteiger partial charge in [0.15, 0.2) is 6.29 Å². The van der Waals surface area contributed by atoms with Gasteiger partial charge in [-0.3, -0.25) is 0 Å². The summed E-state index contributed by atoms with van der Waals surface area (Å²) in [6, 6.07) is 11.8. The van der Waals surface area contributed by atoms with Crippen molar-refractivity contribution in [2.24, 2.45) is 0 Å². The van der Waals surface area contributed by atoms with Gasteiger partial charge in [0.1, 0.15) is 6.10 Å². The first-order valence-electron chi connectivity index (χ1n) is 5.01. The Morgan fingerprint density at radius 2 is 2.00 bits per heavy atom. The maximum atomic E-state index is 10.6. The van der Waals surface area contributed by atoms with Crippen LogP contribution in [0.25, 0.3) is 10.4 Å². The van der Waals surface area contributed by atoms with Crippen LogP contribution in [-0.4, -0.2) is 11.4 Å². The van der Waals surface area contributed by atoms with Crippen LogP contribution in [0, 0.1) is 6.92 Å². The molecule has 2 nitrogen and oxygen atoms in total. The molecule has 0 aliphatic heterocycles. The van der Waals surface area contributed by atoms with E-state index >= 15 is 0 Å². The zero-order valence-corrected chi connectivity index (χ0v) is 9.70. The Balaban J connectivity index is 2.42. The first kappa shape index (κ1) is 11.0. The summed E-state index contributed by atoms with van der Waals surface area (Å²) in [6.45, 7) is 1.92. The van der Waals surface area contributed by atoms with E-state index in [1.54, 1.807) is 11.3 Å². The second kappa shape index (κ2) is 4.60. The molecule has 2 aromatic rings. The third-order valence-corrected chi connectivity index (χ3v) is 3.58. The summed E-state index contributed by atoms with van der Waals surface area (Å²) in [4.78, 5) is 12.6. The summed E-state index contributed by atoms with van der Waals surface area (Å²) in [6.07, 6.45) is -0.446. The van der Waals surface area contributed by atoms with Gasteiger partial charge in [0, 0.05) is 15.3 Å². The second-order valence-electron chi connectivity index (χ2n) is 3.57. The highest BCUT2D eigenvalue weighted by molar-refractivity contribution is 7.15. The van der Waals surface area contributed by atoms with E-state index in [1.165, 1.54) is 0 Å². The molecule has 1 aromatic heterocycles. The Morgan fingerprint density at radius 1 is 1.31 bits per heavy atom. The summed E-state index contributed by atoms with van der Waals surface area (Å²) < 4.78 is 0. The average molecular weight is 232 g/mol. The molecular formula is C13H12O2S. The number of hydrogen-bond acceptors (Lipinski definition) is 3. The molecule has 1 aromatic carbocycles. The van der Waals surface area contributed by atoms with Crippen LogP contribution >= 0.6 is 11.3 Å². The summed E-state index contributed by atoms with van der Waals surface area (Å²) >= 11 is 1.59. The van der Waals surface area contributed by atoms with Crippen molar-refractivity contribution in [1.82, 2.24) is 0 Å². The zero-order valence-electron chi connectivity index (χ0n) is 8.88. The Morgan fingerprint density at radius 3 is 2.62 bits per heavy atom. The number of aliphatic hydroxyl groups is 1. The number of aliphatic hydroxyl groups excluding tert-OH is 1. The van der Waals surface area contributed by atoms with Crippen LogP contribution in [0.15, 0.2) is 36.4 Å². The largest absolute Gasteiger partial charge is 0.381 e. The highest BCUT2D eigenvalue weighted by Crippen LogP contribution is 2.33. The van der Waals surface area contributed by atoms with E-state index in [0.29, 0.717) is 11.8 Å². The van der Waals surface area contributed by atoms with Gasteiger partial charge in [0.25, 0.3) is 0 Å². The molecule has 1 atom stereocenters. The SMILES string of the molecule is Cc1sc(-c2ccccc2)cc1C(O)C=O. The normalized spacial score (nSPS) is 12.4. The van der Waals surface area contributed by atoms with Gasteiger partial charge in [0.2, 0.25) is 0 Å². The fraction of sp³-hybridized carbons (Fsp3) is 0.154. The minimum Gasteiger partial charge on any atom is -0.381 e. The molecule has 0 spiro atoms. The highest BCUT2D eigenvalue weighted by atomic mass is 32.1. The molecule has 0 aliphatic carbocycles. The van der Waals surface area contributed by atoms with E-state index in [4.69, 9.17) is 0 Å². The number of rotatable bonds is 3. The predicted octanol–water partition coefficient (Wildman–Crippen LogP) is 2.96. The summed E-state index contributed by atoms with van der Waals surface area (Å²) in [7, 11) is 0. The monoisotopic (exact) mass is 232 g/mol. The quantitative estimate of drug-likeness (QED) is 0.826. The van der Waals surface area contributed by atoms with Crippen LogP contribution in [0.5, 0.6) is 0 Å². The molecule has 82 valence electrons. The predicted molar refractivity (Wildman–Crippen MR) is 65.5 cm³/mol. The first-order valence-corrected chi connectivity index (χ1v) is 5.83. The molecule has 1 N–H and O–H groups in total. The molecule has 0 saturated heterocycles. The van der Waals surface area contributed by atoms with E-state index < -0.39 is 6.10 Å². The van der Waals surface area contributed by atoms with Crippen LogP contribution in [-0.2, 0) is 4.79 Å². The van der Waals surface area contributed by atoms with Gasteiger partial charge in [-0.05, 0) is 18.6 Å². The van der Waals surface area contributed by atoms with Gasteiger partial charge in [-0.25, -0.2) is 0 Å². The minimum absolute atomic E-state index is 0.559. The van der Waals surface area contributed by atoms with Crippen LogP contribution < -0.4 is 0 Å². The third kappa shape index (κ3) is 2.05. The van der Waals surface area contributed by atoms with Gasteiger partial charge in [-0.1, -0.05) is 30.3 Å². The molecule has 0 saturated carbocycles. The number of aryl methyl sites for hydroxylation is 1. The van der Waals surface area contributed by atoms with Crippen molar-refractivity contribution in [3.05, 3.63) is 46.8 Å². The topological polar surface area (TPSA) is 37.3 Å². The second-order valence-corrected chi connectivity index (χ2v) is 4.83. The van der Waals surface area contributed by atoms with Gasteiger partial charge in [-0.2, -0.15) is 0 Å². The van der Waals surface area contributed by atoms with Crippen molar-refractivity contribution < 1.29 is 9.90 Å². The lowest BCUT2D eigenvalue weighted by molar-refractivity contribution is -0.115. The van der Waals surface area contributed by atoms with Crippen molar-refractivity contribution in [2.45, 2.75) is 13.0 Å². The molecular weight excluding hydrogens is 220 g/mol. The lowest BCUT2D eigenvalue weighted by atomic mass is 10.1. The lowest BCUT2D eigenvalue weighted by Gasteiger charge is -1.99.